The highest BCUT2D eigenvalue weighted by Gasteiger charge is 2.41. The SMILES string of the molecule is CCC1(C(NC)C(C)c2ccncc2)CCCC1. The first-order valence-corrected chi connectivity index (χ1v) is 7.30. The van der Waals surface area contributed by atoms with Crippen LogP contribution >= 0.6 is 0 Å². The van der Waals surface area contributed by atoms with Gasteiger partial charge >= 0.3 is 0 Å². The highest BCUT2D eigenvalue weighted by molar-refractivity contribution is 5.19. The van der Waals surface area contributed by atoms with Gasteiger partial charge < -0.3 is 5.32 Å². The molecule has 2 unspecified atom stereocenters. The lowest BCUT2D eigenvalue weighted by atomic mass is 9.70. The number of hydrogen-bond acceptors (Lipinski definition) is 2. The minimum atomic E-state index is 0.497. The maximum absolute atomic E-state index is 4.13. The maximum atomic E-state index is 4.13. The van der Waals surface area contributed by atoms with Crippen molar-refractivity contribution < 1.29 is 0 Å². The molecule has 0 saturated heterocycles. The van der Waals surface area contributed by atoms with Crippen molar-refractivity contribution in [3.63, 3.8) is 0 Å². The summed E-state index contributed by atoms with van der Waals surface area (Å²) >= 11 is 0. The summed E-state index contributed by atoms with van der Waals surface area (Å²) in [5.74, 6) is 0.552. The molecule has 0 aromatic carbocycles. The van der Waals surface area contributed by atoms with Crippen molar-refractivity contribution in [2.45, 2.75) is 57.9 Å². The summed E-state index contributed by atoms with van der Waals surface area (Å²) in [5.41, 5.74) is 1.90. The van der Waals surface area contributed by atoms with E-state index in [1.54, 1.807) is 0 Å². The van der Waals surface area contributed by atoms with E-state index in [-0.39, 0.29) is 0 Å². The number of nitrogens with one attached hydrogen (secondary N) is 1. The summed E-state index contributed by atoms with van der Waals surface area (Å²) in [4.78, 5) is 4.13. The number of hydrogen-bond donors (Lipinski definition) is 1. The lowest BCUT2D eigenvalue weighted by molar-refractivity contribution is 0.172. The summed E-state index contributed by atoms with van der Waals surface area (Å²) in [7, 11) is 2.12. The molecule has 0 amide bonds. The molecule has 1 saturated carbocycles. The van der Waals surface area contributed by atoms with E-state index in [1.807, 2.05) is 12.4 Å². The number of nitrogens with zero attached hydrogens (tertiary/aromatic N) is 1. The first-order chi connectivity index (χ1) is 8.73. The molecule has 1 N–H and O–H groups in total. The molecule has 2 atom stereocenters. The van der Waals surface area contributed by atoms with Gasteiger partial charge in [0.25, 0.3) is 0 Å². The van der Waals surface area contributed by atoms with Crippen molar-refractivity contribution in [3.8, 4) is 0 Å². The third-order valence-electron chi connectivity index (χ3n) is 5.01. The highest BCUT2D eigenvalue weighted by Crippen LogP contribution is 2.47. The second-order valence-corrected chi connectivity index (χ2v) is 5.76. The van der Waals surface area contributed by atoms with E-state index in [2.05, 4.69) is 43.3 Å². The smallest absolute Gasteiger partial charge is 0.0270 e. The normalized spacial score (nSPS) is 21.7. The van der Waals surface area contributed by atoms with Crippen molar-refractivity contribution in [1.29, 1.82) is 0 Å². The Morgan fingerprint density at radius 2 is 1.89 bits per heavy atom. The van der Waals surface area contributed by atoms with Gasteiger partial charge in [0.2, 0.25) is 0 Å². The third kappa shape index (κ3) is 2.44. The first kappa shape index (κ1) is 13.5. The molecular weight excluding hydrogens is 220 g/mol. The van der Waals surface area contributed by atoms with Gasteiger partial charge in [0.05, 0.1) is 0 Å². The standard InChI is InChI=1S/C16H26N2/c1-4-16(9-5-6-10-16)15(17-3)13(2)14-7-11-18-12-8-14/h7-8,11-13,15,17H,4-6,9-10H2,1-3H3. The fraction of sp³-hybridized carbons (Fsp3) is 0.688. The molecular formula is C16H26N2. The van der Waals surface area contributed by atoms with Gasteiger partial charge in [-0.05, 0) is 55.3 Å². The number of likely N-dealkylation sites (N-methyl/N-ethyl adjacent to an activating group) is 1. The van der Waals surface area contributed by atoms with Crippen LogP contribution in [0.2, 0.25) is 0 Å². The van der Waals surface area contributed by atoms with Crippen molar-refractivity contribution in [1.82, 2.24) is 10.3 Å². The van der Waals surface area contributed by atoms with Crippen LogP contribution in [0.15, 0.2) is 24.5 Å². The van der Waals surface area contributed by atoms with Gasteiger partial charge in [-0.15, -0.1) is 0 Å². The number of aromatic nitrogens is 1. The van der Waals surface area contributed by atoms with Crippen LogP contribution < -0.4 is 5.32 Å². The number of rotatable bonds is 5. The Hall–Kier alpha value is -0.890. The Labute approximate surface area is 111 Å². The second-order valence-electron chi connectivity index (χ2n) is 5.76. The molecule has 2 nitrogen and oxygen atoms in total. The molecule has 1 aromatic rings. The van der Waals surface area contributed by atoms with Crippen LogP contribution in [0.3, 0.4) is 0 Å². The lowest BCUT2D eigenvalue weighted by Crippen LogP contribution is -2.45. The Morgan fingerprint density at radius 1 is 1.28 bits per heavy atom. The molecule has 18 heavy (non-hydrogen) atoms. The van der Waals surface area contributed by atoms with Crippen LogP contribution in [-0.4, -0.2) is 18.1 Å². The van der Waals surface area contributed by atoms with Crippen molar-refractivity contribution in [3.05, 3.63) is 30.1 Å². The van der Waals surface area contributed by atoms with Gasteiger partial charge in [-0.3, -0.25) is 4.98 Å². The molecule has 1 heterocycles. The molecule has 0 bridgehead atoms. The van der Waals surface area contributed by atoms with Gasteiger partial charge in [-0.1, -0.05) is 26.7 Å². The van der Waals surface area contributed by atoms with E-state index in [9.17, 15) is 0 Å². The Morgan fingerprint density at radius 3 is 2.39 bits per heavy atom. The zero-order chi connectivity index (χ0) is 13.0. The van der Waals surface area contributed by atoms with E-state index >= 15 is 0 Å². The van der Waals surface area contributed by atoms with E-state index in [1.165, 1.54) is 37.7 Å². The third-order valence-corrected chi connectivity index (χ3v) is 5.01. The van der Waals surface area contributed by atoms with Crippen molar-refractivity contribution in [2.24, 2.45) is 5.41 Å². The Bertz CT molecular complexity index is 355. The van der Waals surface area contributed by atoms with Gasteiger partial charge in [-0.25, -0.2) is 0 Å². The summed E-state index contributed by atoms with van der Waals surface area (Å²) < 4.78 is 0. The van der Waals surface area contributed by atoms with E-state index < -0.39 is 0 Å². The average Bonchev–Trinajstić information content (AvgIpc) is 2.90. The molecule has 0 radical (unpaired) electrons. The molecule has 1 aliphatic carbocycles. The van der Waals surface area contributed by atoms with Crippen LogP contribution in [0.5, 0.6) is 0 Å². The molecule has 1 fully saturated rings. The average molecular weight is 246 g/mol. The lowest BCUT2D eigenvalue weighted by Gasteiger charge is -2.40. The summed E-state index contributed by atoms with van der Waals surface area (Å²) in [5, 5.41) is 3.61. The zero-order valence-electron chi connectivity index (χ0n) is 11.9. The summed E-state index contributed by atoms with van der Waals surface area (Å²) in [6.07, 6.45) is 10.7. The van der Waals surface area contributed by atoms with Crippen molar-refractivity contribution in [2.75, 3.05) is 7.05 Å². The van der Waals surface area contributed by atoms with Crippen LogP contribution in [0.25, 0.3) is 0 Å². The largest absolute Gasteiger partial charge is 0.316 e. The van der Waals surface area contributed by atoms with Crippen LogP contribution in [0.1, 0.15) is 57.4 Å². The van der Waals surface area contributed by atoms with Crippen LogP contribution in [-0.2, 0) is 0 Å². The predicted octanol–water partition coefficient (Wildman–Crippen LogP) is 3.74. The topological polar surface area (TPSA) is 24.9 Å². The molecule has 2 heteroatoms. The fourth-order valence-electron chi connectivity index (χ4n) is 3.91. The molecule has 0 aliphatic heterocycles. The fourth-order valence-corrected chi connectivity index (χ4v) is 3.91. The van der Waals surface area contributed by atoms with E-state index in [0.29, 0.717) is 17.4 Å². The summed E-state index contributed by atoms with van der Waals surface area (Å²) in [6, 6.07) is 4.90. The minimum Gasteiger partial charge on any atom is -0.316 e. The van der Waals surface area contributed by atoms with Crippen LogP contribution in [0.4, 0.5) is 0 Å². The molecule has 2 rings (SSSR count). The zero-order valence-corrected chi connectivity index (χ0v) is 11.9. The second kappa shape index (κ2) is 5.83. The van der Waals surface area contributed by atoms with Crippen molar-refractivity contribution >= 4 is 0 Å². The van der Waals surface area contributed by atoms with Gasteiger partial charge in [0, 0.05) is 18.4 Å². The number of pyridine rings is 1. The quantitative estimate of drug-likeness (QED) is 0.856. The van der Waals surface area contributed by atoms with Gasteiger partial charge in [0.15, 0.2) is 0 Å². The molecule has 1 aromatic heterocycles. The minimum absolute atomic E-state index is 0.497. The molecule has 100 valence electrons. The molecule has 1 aliphatic rings. The predicted molar refractivity (Wildman–Crippen MR) is 76.7 cm³/mol. The van der Waals surface area contributed by atoms with Crippen LogP contribution in [0, 0.1) is 5.41 Å². The van der Waals surface area contributed by atoms with Gasteiger partial charge in [0.1, 0.15) is 0 Å². The Kier molecular flexibility index (Phi) is 4.39. The van der Waals surface area contributed by atoms with E-state index in [0.717, 1.165) is 0 Å². The Balaban J connectivity index is 2.22. The molecule has 0 spiro atoms. The maximum Gasteiger partial charge on any atom is 0.0270 e. The van der Waals surface area contributed by atoms with Gasteiger partial charge in [-0.2, -0.15) is 0 Å². The van der Waals surface area contributed by atoms with E-state index in [4.69, 9.17) is 0 Å². The highest BCUT2D eigenvalue weighted by atomic mass is 14.9. The summed E-state index contributed by atoms with van der Waals surface area (Å²) in [6.45, 7) is 4.71. The first-order valence-electron chi connectivity index (χ1n) is 7.30. The monoisotopic (exact) mass is 246 g/mol.